The Kier molecular flexibility index (Phi) is 4.46. The minimum Gasteiger partial charge on any atom is -0.356 e. The number of halogens is 1. The Labute approximate surface area is 189 Å². The number of amides is 2. The molecule has 2 aromatic carbocycles. The van der Waals surface area contributed by atoms with Gasteiger partial charge in [0.1, 0.15) is 12.6 Å². The van der Waals surface area contributed by atoms with Crippen LogP contribution in [-0.4, -0.2) is 45.2 Å². The van der Waals surface area contributed by atoms with Crippen molar-refractivity contribution in [1.29, 1.82) is 0 Å². The molecule has 0 radical (unpaired) electrons. The van der Waals surface area contributed by atoms with Gasteiger partial charge in [-0.05, 0) is 42.2 Å². The Morgan fingerprint density at radius 3 is 2.48 bits per heavy atom. The molecule has 2 unspecified atom stereocenters. The molecule has 2 aliphatic heterocycles. The summed E-state index contributed by atoms with van der Waals surface area (Å²) in [4.78, 5) is 34.6. The number of hydrogen-bond donors (Lipinski definition) is 1. The average molecular weight is 478 g/mol. The third kappa shape index (κ3) is 2.95. The Hall–Kier alpha value is -2.60. The number of aromatic amines is 1. The number of nitrogens with one attached hydrogen (secondary N) is 1. The molecule has 1 saturated carbocycles. The minimum atomic E-state index is -0.442. The molecule has 31 heavy (non-hydrogen) atoms. The van der Waals surface area contributed by atoms with Crippen LogP contribution in [0.15, 0.2) is 53.0 Å². The molecular formula is C25H24BrN3O2. The molecule has 2 fully saturated rings. The number of H-pyrrole nitrogens is 1. The maximum absolute atomic E-state index is 13.7. The number of rotatable bonds is 2. The van der Waals surface area contributed by atoms with Crippen molar-refractivity contribution < 1.29 is 9.59 Å². The van der Waals surface area contributed by atoms with Gasteiger partial charge >= 0.3 is 0 Å². The number of aromatic nitrogens is 1. The lowest BCUT2D eigenvalue weighted by molar-refractivity contribution is -0.160. The molecule has 1 N–H and O–H groups in total. The van der Waals surface area contributed by atoms with E-state index in [0.29, 0.717) is 6.42 Å². The number of fused-ring (bicyclic) bond motifs is 4. The van der Waals surface area contributed by atoms with Gasteiger partial charge in [0.15, 0.2) is 0 Å². The van der Waals surface area contributed by atoms with E-state index in [4.69, 9.17) is 0 Å². The minimum absolute atomic E-state index is 0.0497. The highest BCUT2D eigenvalue weighted by Crippen LogP contribution is 2.43. The van der Waals surface area contributed by atoms with Gasteiger partial charge in [-0.3, -0.25) is 9.59 Å². The third-order valence-electron chi connectivity index (χ3n) is 7.24. The van der Waals surface area contributed by atoms with E-state index in [1.165, 1.54) is 5.56 Å². The predicted molar refractivity (Wildman–Crippen MR) is 123 cm³/mol. The first kappa shape index (κ1) is 19.1. The first-order valence-corrected chi connectivity index (χ1v) is 11.9. The molecule has 3 heterocycles. The normalized spacial score (nSPS) is 24.0. The SMILES string of the molecule is O=C1C2Cc3c([nH]c4ccccc34)C(c3ccc(Br)cc3)N2C(=O)CN1C1CCCC1. The zero-order chi connectivity index (χ0) is 21.1. The lowest BCUT2D eigenvalue weighted by Crippen LogP contribution is -2.64. The molecule has 6 heteroatoms. The van der Waals surface area contributed by atoms with Gasteiger partial charge in [-0.15, -0.1) is 0 Å². The van der Waals surface area contributed by atoms with Crippen molar-refractivity contribution in [2.24, 2.45) is 0 Å². The van der Waals surface area contributed by atoms with Crippen molar-refractivity contribution >= 4 is 38.6 Å². The van der Waals surface area contributed by atoms with E-state index in [1.54, 1.807) is 0 Å². The first-order valence-electron chi connectivity index (χ1n) is 11.1. The largest absolute Gasteiger partial charge is 0.356 e. The van der Waals surface area contributed by atoms with Crippen LogP contribution in [0.4, 0.5) is 0 Å². The van der Waals surface area contributed by atoms with Crippen LogP contribution in [0.1, 0.15) is 48.5 Å². The van der Waals surface area contributed by atoms with Gasteiger partial charge in [0.2, 0.25) is 11.8 Å². The molecule has 1 saturated heterocycles. The van der Waals surface area contributed by atoms with Crippen LogP contribution in [0.5, 0.6) is 0 Å². The molecular weight excluding hydrogens is 454 g/mol. The number of para-hydroxylation sites is 1. The van der Waals surface area contributed by atoms with Gasteiger partial charge in [-0.2, -0.15) is 0 Å². The smallest absolute Gasteiger partial charge is 0.246 e. The standard InChI is InChI=1S/C25H24BrN3O2/c26-16-11-9-15(10-12-16)24-23-19(18-7-3-4-8-20(18)27-23)13-21-25(31)28(14-22(30)29(21)24)17-5-1-2-6-17/h3-4,7-12,17,21,24,27H,1-2,5-6,13-14H2. The maximum atomic E-state index is 13.7. The van der Waals surface area contributed by atoms with Crippen molar-refractivity contribution in [3.05, 3.63) is 69.8 Å². The molecule has 1 aliphatic carbocycles. The van der Waals surface area contributed by atoms with Crippen molar-refractivity contribution in [2.75, 3.05) is 6.54 Å². The van der Waals surface area contributed by atoms with E-state index in [0.717, 1.165) is 52.3 Å². The lowest BCUT2D eigenvalue weighted by atomic mass is 9.86. The van der Waals surface area contributed by atoms with E-state index in [1.807, 2.05) is 46.2 Å². The fraction of sp³-hybridized carbons (Fsp3) is 0.360. The molecule has 3 aromatic rings. The van der Waals surface area contributed by atoms with Crippen molar-refractivity contribution in [1.82, 2.24) is 14.8 Å². The summed E-state index contributed by atoms with van der Waals surface area (Å²) in [5.41, 5.74) is 4.28. The second-order valence-electron chi connectivity index (χ2n) is 8.94. The molecule has 3 aliphatic rings. The summed E-state index contributed by atoms with van der Waals surface area (Å²) < 4.78 is 0.994. The monoisotopic (exact) mass is 477 g/mol. The quantitative estimate of drug-likeness (QED) is 0.588. The molecule has 1 aromatic heterocycles. The summed E-state index contributed by atoms with van der Waals surface area (Å²) in [5, 5.41) is 1.15. The van der Waals surface area contributed by atoms with Crippen LogP contribution in [0.2, 0.25) is 0 Å². The number of hydrogen-bond acceptors (Lipinski definition) is 2. The number of carbonyl (C=O) groups excluding carboxylic acids is 2. The summed E-state index contributed by atoms with van der Waals surface area (Å²) in [5.74, 6) is 0.165. The van der Waals surface area contributed by atoms with Crippen LogP contribution in [-0.2, 0) is 16.0 Å². The highest BCUT2D eigenvalue weighted by Gasteiger charge is 2.49. The zero-order valence-electron chi connectivity index (χ0n) is 17.2. The fourth-order valence-electron chi connectivity index (χ4n) is 5.80. The van der Waals surface area contributed by atoms with Gasteiger partial charge in [0.25, 0.3) is 0 Å². The molecule has 5 nitrogen and oxygen atoms in total. The van der Waals surface area contributed by atoms with Gasteiger partial charge < -0.3 is 14.8 Å². The van der Waals surface area contributed by atoms with Crippen LogP contribution in [0.25, 0.3) is 10.9 Å². The number of nitrogens with zero attached hydrogens (tertiary/aromatic N) is 2. The molecule has 158 valence electrons. The summed E-state index contributed by atoms with van der Waals surface area (Å²) in [7, 11) is 0. The van der Waals surface area contributed by atoms with Crippen LogP contribution in [0.3, 0.4) is 0 Å². The summed E-state index contributed by atoms with van der Waals surface area (Å²) in [6, 6.07) is 15.8. The second kappa shape index (κ2) is 7.23. The summed E-state index contributed by atoms with van der Waals surface area (Å²) in [6.07, 6.45) is 4.89. The van der Waals surface area contributed by atoms with E-state index in [-0.39, 0.29) is 30.4 Å². The molecule has 6 rings (SSSR count). The first-order chi connectivity index (χ1) is 15.1. The van der Waals surface area contributed by atoms with Gasteiger partial charge in [-0.25, -0.2) is 0 Å². The van der Waals surface area contributed by atoms with Gasteiger partial charge in [-0.1, -0.05) is 59.1 Å². The topological polar surface area (TPSA) is 56.4 Å². The molecule has 0 bridgehead atoms. The third-order valence-corrected chi connectivity index (χ3v) is 7.77. The predicted octanol–water partition coefficient (Wildman–Crippen LogP) is 4.56. The Bertz CT molecular complexity index is 1180. The fourth-order valence-corrected chi connectivity index (χ4v) is 6.07. The average Bonchev–Trinajstić information content (AvgIpc) is 3.44. The Balaban J connectivity index is 1.51. The highest BCUT2D eigenvalue weighted by molar-refractivity contribution is 9.10. The second-order valence-corrected chi connectivity index (χ2v) is 9.86. The van der Waals surface area contributed by atoms with Crippen LogP contribution >= 0.6 is 15.9 Å². The van der Waals surface area contributed by atoms with Gasteiger partial charge in [0.05, 0.1) is 6.04 Å². The summed E-state index contributed by atoms with van der Waals surface area (Å²) >= 11 is 3.52. The maximum Gasteiger partial charge on any atom is 0.246 e. The highest BCUT2D eigenvalue weighted by atomic mass is 79.9. The van der Waals surface area contributed by atoms with E-state index >= 15 is 0 Å². The Morgan fingerprint density at radius 1 is 0.968 bits per heavy atom. The van der Waals surface area contributed by atoms with E-state index in [2.05, 4.69) is 33.0 Å². The zero-order valence-corrected chi connectivity index (χ0v) is 18.8. The Morgan fingerprint density at radius 2 is 1.71 bits per heavy atom. The van der Waals surface area contributed by atoms with Crippen LogP contribution in [0, 0.1) is 0 Å². The molecule has 2 amide bonds. The van der Waals surface area contributed by atoms with Crippen molar-refractivity contribution in [2.45, 2.75) is 50.2 Å². The van der Waals surface area contributed by atoms with Crippen molar-refractivity contribution in [3.8, 4) is 0 Å². The number of carbonyl (C=O) groups is 2. The number of benzene rings is 2. The number of piperazine rings is 1. The lowest BCUT2D eigenvalue weighted by Gasteiger charge is -2.48. The molecule has 2 atom stereocenters. The summed E-state index contributed by atoms with van der Waals surface area (Å²) in [6.45, 7) is 0.197. The van der Waals surface area contributed by atoms with E-state index < -0.39 is 6.04 Å². The van der Waals surface area contributed by atoms with Gasteiger partial charge in [0, 0.05) is 33.5 Å². The van der Waals surface area contributed by atoms with Crippen LogP contribution < -0.4 is 0 Å². The van der Waals surface area contributed by atoms with Crippen molar-refractivity contribution in [3.63, 3.8) is 0 Å². The molecule has 0 spiro atoms. The van der Waals surface area contributed by atoms with E-state index in [9.17, 15) is 9.59 Å².